The predicted octanol–water partition coefficient (Wildman–Crippen LogP) is 3.92. The van der Waals surface area contributed by atoms with E-state index in [1.807, 2.05) is 17.0 Å². The third-order valence-electron chi connectivity index (χ3n) is 7.32. The number of likely N-dealkylation sites (tertiary alicyclic amines) is 1. The molecule has 6 nitrogen and oxygen atoms in total. The van der Waals surface area contributed by atoms with Crippen LogP contribution in [0.15, 0.2) is 54.9 Å². The van der Waals surface area contributed by atoms with Crippen molar-refractivity contribution in [3.8, 4) is 11.1 Å². The summed E-state index contributed by atoms with van der Waals surface area (Å²) in [5.74, 6) is 0.425. The predicted molar refractivity (Wildman–Crippen MR) is 123 cm³/mol. The Balaban J connectivity index is 1.31. The number of fused-ring (bicyclic) bond motifs is 2. The molecule has 0 unspecified atom stereocenters. The van der Waals surface area contributed by atoms with Crippen molar-refractivity contribution >= 4 is 17.5 Å². The highest BCUT2D eigenvalue weighted by Crippen LogP contribution is 2.57. The van der Waals surface area contributed by atoms with Gasteiger partial charge in [-0.3, -0.25) is 4.79 Å². The maximum atomic E-state index is 14.2. The number of nitrogens with zero attached hydrogens (tertiary/aromatic N) is 4. The molecule has 3 aliphatic rings. The summed E-state index contributed by atoms with van der Waals surface area (Å²) in [6.07, 6.45) is 6.38. The van der Waals surface area contributed by atoms with Crippen molar-refractivity contribution in [1.82, 2.24) is 14.9 Å². The van der Waals surface area contributed by atoms with Crippen LogP contribution >= 0.6 is 0 Å². The zero-order valence-corrected chi connectivity index (χ0v) is 18.2. The van der Waals surface area contributed by atoms with Crippen LogP contribution < -0.4 is 4.90 Å². The molecule has 1 N–H and O–H groups in total. The van der Waals surface area contributed by atoms with E-state index in [2.05, 4.69) is 20.9 Å². The van der Waals surface area contributed by atoms with Crippen LogP contribution in [0.25, 0.3) is 11.1 Å². The van der Waals surface area contributed by atoms with Crippen LogP contribution in [0.4, 0.5) is 16.0 Å². The maximum absolute atomic E-state index is 14.2. The molecule has 1 spiro atoms. The van der Waals surface area contributed by atoms with E-state index in [4.69, 9.17) is 0 Å². The summed E-state index contributed by atoms with van der Waals surface area (Å²) >= 11 is 0. The van der Waals surface area contributed by atoms with Crippen molar-refractivity contribution in [2.24, 2.45) is 5.92 Å². The van der Waals surface area contributed by atoms with Gasteiger partial charge >= 0.3 is 0 Å². The Morgan fingerprint density at radius 2 is 1.94 bits per heavy atom. The first-order valence-electron chi connectivity index (χ1n) is 11.5. The number of anilines is 2. The molecule has 7 heteroatoms. The van der Waals surface area contributed by atoms with E-state index in [-0.39, 0.29) is 29.7 Å². The summed E-state index contributed by atoms with van der Waals surface area (Å²) in [5, 5.41) is 9.42. The van der Waals surface area contributed by atoms with E-state index in [9.17, 15) is 14.3 Å². The fourth-order valence-corrected chi connectivity index (χ4v) is 5.21. The molecule has 33 heavy (non-hydrogen) atoms. The number of rotatable bonds is 4. The molecule has 1 amide bonds. The average molecular weight is 445 g/mol. The lowest BCUT2D eigenvalue weighted by atomic mass is 9.97. The molecule has 0 bridgehead atoms. The maximum Gasteiger partial charge on any atom is 0.253 e. The lowest BCUT2D eigenvalue weighted by Gasteiger charge is -2.20. The molecule has 2 fully saturated rings. The highest BCUT2D eigenvalue weighted by atomic mass is 19.1. The van der Waals surface area contributed by atoms with Crippen LogP contribution in [0.1, 0.15) is 35.2 Å². The van der Waals surface area contributed by atoms with Gasteiger partial charge in [-0.1, -0.05) is 24.3 Å². The molecule has 1 saturated heterocycles. The van der Waals surface area contributed by atoms with E-state index in [1.165, 1.54) is 11.6 Å². The number of aromatic nitrogens is 2. The smallest absolute Gasteiger partial charge is 0.253 e. The summed E-state index contributed by atoms with van der Waals surface area (Å²) in [6.45, 7) is 2.18. The highest BCUT2D eigenvalue weighted by molar-refractivity contribution is 5.96. The van der Waals surface area contributed by atoms with Gasteiger partial charge in [-0.15, -0.1) is 0 Å². The van der Waals surface area contributed by atoms with Crippen LogP contribution in [0.3, 0.4) is 0 Å². The monoisotopic (exact) mass is 444 g/mol. The SMILES string of the molecule is O=C(c1ccc2c(c1)N(c1ncc(-c3ccccc3F)cn1)CC21CC1)N1CC[C@H](CO)C1. The zero-order chi connectivity index (χ0) is 22.6. The number of carbonyl (C=O) groups excluding carboxylic acids is 1. The summed E-state index contributed by atoms with van der Waals surface area (Å²) in [7, 11) is 0. The largest absolute Gasteiger partial charge is 0.396 e. The van der Waals surface area contributed by atoms with Gasteiger partial charge in [0.05, 0.1) is 0 Å². The van der Waals surface area contributed by atoms with Gasteiger partial charge in [0.1, 0.15) is 5.82 Å². The second-order valence-corrected chi connectivity index (χ2v) is 9.44. The quantitative estimate of drug-likeness (QED) is 0.661. The lowest BCUT2D eigenvalue weighted by molar-refractivity contribution is 0.0782. The first kappa shape index (κ1) is 20.3. The van der Waals surface area contributed by atoms with E-state index < -0.39 is 0 Å². The average Bonchev–Trinajstić information content (AvgIpc) is 3.34. The Labute approximate surface area is 191 Å². The molecule has 168 valence electrons. The Morgan fingerprint density at radius 1 is 1.15 bits per heavy atom. The fourth-order valence-electron chi connectivity index (χ4n) is 5.21. The molecule has 2 aliphatic heterocycles. The molecular weight excluding hydrogens is 419 g/mol. The second-order valence-electron chi connectivity index (χ2n) is 9.44. The molecular formula is C26H25FN4O2. The number of halogens is 1. The van der Waals surface area contributed by atoms with Crippen molar-refractivity contribution in [1.29, 1.82) is 0 Å². The van der Waals surface area contributed by atoms with Gasteiger partial charge in [0.15, 0.2) is 0 Å². The van der Waals surface area contributed by atoms with E-state index in [1.54, 1.807) is 30.6 Å². The Kier molecular flexibility index (Phi) is 4.69. The van der Waals surface area contributed by atoms with E-state index in [0.717, 1.165) is 31.5 Å². The molecule has 1 aliphatic carbocycles. The number of carbonyl (C=O) groups is 1. The lowest BCUT2D eigenvalue weighted by Crippen LogP contribution is -2.29. The summed E-state index contributed by atoms with van der Waals surface area (Å²) in [5.41, 5.74) is 4.10. The van der Waals surface area contributed by atoms with Crippen molar-refractivity contribution in [2.75, 3.05) is 31.1 Å². The van der Waals surface area contributed by atoms with Crippen LogP contribution in [-0.4, -0.2) is 52.1 Å². The second kappa shape index (κ2) is 7.63. The van der Waals surface area contributed by atoms with Crippen molar-refractivity contribution in [2.45, 2.75) is 24.7 Å². The first-order chi connectivity index (χ1) is 16.1. The normalized spacial score (nSPS) is 20.4. The van der Waals surface area contributed by atoms with Crippen LogP contribution in [0, 0.1) is 11.7 Å². The number of aliphatic hydroxyl groups is 1. The molecule has 3 aromatic rings. The standard InChI is InChI=1S/C26H25FN4O2/c27-22-4-2-1-3-20(22)19-12-28-25(29-13-19)31-16-26(8-9-26)21-6-5-18(11-23(21)31)24(33)30-10-7-17(14-30)15-32/h1-6,11-13,17,32H,7-10,14-16H2/t17-/m0/s1. The van der Waals surface area contributed by atoms with Gasteiger partial charge in [-0.05, 0) is 43.0 Å². The van der Waals surface area contributed by atoms with Crippen LogP contribution in [0.2, 0.25) is 0 Å². The topological polar surface area (TPSA) is 69.6 Å². The van der Waals surface area contributed by atoms with Crippen LogP contribution in [0.5, 0.6) is 0 Å². The Hall–Kier alpha value is -3.32. The number of hydrogen-bond acceptors (Lipinski definition) is 5. The Bertz CT molecular complexity index is 1230. The molecule has 6 rings (SSSR count). The minimum absolute atomic E-state index is 0.00117. The van der Waals surface area contributed by atoms with Crippen LogP contribution in [-0.2, 0) is 5.41 Å². The summed E-state index contributed by atoms with van der Waals surface area (Å²) in [4.78, 5) is 26.2. The first-order valence-corrected chi connectivity index (χ1v) is 11.5. The molecule has 1 saturated carbocycles. The molecule has 0 radical (unpaired) electrons. The minimum atomic E-state index is -0.300. The van der Waals surface area contributed by atoms with Gasteiger partial charge in [0.2, 0.25) is 5.95 Å². The molecule has 1 aromatic heterocycles. The number of aliphatic hydroxyl groups excluding tert-OH is 1. The molecule has 1 atom stereocenters. The molecule has 3 heterocycles. The van der Waals surface area contributed by atoms with E-state index in [0.29, 0.717) is 35.7 Å². The summed E-state index contributed by atoms with van der Waals surface area (Å²) < 4.78 is 14.2. The van der Waals surface area contributed by atoms with Gasteiger partial charge in [0, 0.05) is 72.3 Å². The van der Waals surface area contributed by atoms with Gasteiger partial charge < -0.3 is 14.9 Å². The van der Waals surface area contributed by atoms with Crippen molar-refractivity contribution in [3.05, 3.63) is 71.8 Å². The number of benzene rings is 2. The fraction of sp³-hybridized carbons (Fsp3) is 0.346. The number of amides is 1. The minimum Gasteiger partial charge on any atom is -0.396 e. The highest BCUT2D eigenvalue weighted by Gasteiger charge is 2.52. The summed E-state index contributed by atoms with van der Waals surface area (Å²) in [6, 6.07) is 12.6. The van der Waals surface area contributed by atoms with Gasteiger partial charge in [0.25, 0.3) is 5.91 Å². The number of hydrogen-bond donors (Lipinski definition) is 1. The van der Waals surface area contributed by atoms with Crippen molar-refractivity contribution in [3.63, 3.8) is 0 Å². The Morgan fingerprint density at radius 3 is 2.64 bits per heavy atom. The van der Waals surface area contributed by atoms with Crippen molar-refractivity contribution < 1.29 is 14.3 Å². The third kappa shape index (κ3) is 3.38. The van der Waals surface area contributed by atoms with E-state index >= 15 is 0 Å². The van der Waals surface area contributed by atoms with Gasteiger partial charge in [-0.25, -0.2) is 14.4 Å². The molecule has 2 aromatic carbocycles. The third-order valence-corrected chi connectivity index (χ3v) is 7.32. The van der Waals surface area contributed by atoms with Gasteiger partial charge in [-0.2, -0.15) is 0 Å². The zero-order valence-electron chi connectivity index (χ0n) is 18.2.